The second kappa shape index (κ2) is 5.38. The number of thiophene rings is 1. The first-order valence-electron chi connectivity index (χ1n) is 5.88. The molecule has 0 saturated carbocycles. The van der Waals surface area contributed by atoms with Crippen molar-refractivity contribution in [3.05, 3.63) is 17.3 Å². The minimum Gasteiger partial charge on any atom is -0.353 e. The molecule has 1 aliphatic heterocycles. The van der Waals surface area contributed by atoms with Gasteiger partial charge >= 0.3 is 0 Å². The standard InChI is InChI=1S/C12H16N4S.ClH/c1-9-7-17-12-10(9)11(13-8-14-12)16-5-3-15(2)4-6-16;/h7-8H,3-6H2,1-2H3;1H. The molecule has 0 spiro atoms. The van der Waals surface area contributed by atoms with Gasteiger partial charge in [0.05, 0.1) is 5.39 Å². The van der Waals surface area contributed by atoms with Crippen LogP contribution < -0.4 is 4.90 Å². The van der Waals surface area contributed by atoms with Crippen molar-refractivity contribution in [2.75, 3.05) is 38.1 Å². The first-order valence-corrected chi connectivity index (χ1v) is 6.76. The maximum Gasteiger partial charge on any atom is 0.141 e. The summed E-state index contributed by atoms with van der Waals surface area (Å²) in [6.07, 6.45) is 1.69. The Hall–Kier alpha value is -0.910. The number of piperazine rings is 1. The lowest BCUT2D eigenvalue weighted by Crippen LogP contribution is -2.44. The lowest BCUT2D eigenvalue weighted by Gasteiger charge is -2.33. The van der Waals surface area contributed by atoms with Crippen molar-refractivity contribution in [3.8, 4) is 0 Å². The molecule has 0 atom stereocenters. The van der Waals surface area contributed by atoms with Crippen molar-refractivity contribution in [1.82, 2.24) is 14.9 Å². The van der Waals surface area contributed by atoms with Crippen molar-refractivity contribution in [1.29, 1.82) is 0 Å². The molecule has 0 amide bonds. The first kappa shape index (κ1) is 13.5. The van der Waals surface area contributed by atoms with Gasteiger partial charge in [0, 0.05) is 26.2 Å². The average Bonchev–Trinajstić information content (AvgIpc) is 2.73. The smallest absolute Gasteiger partial charge is 0.141 e. The molecule has 0 bridgehead atoms. The van der Waals surface area contributed by atoms with E-state index in [9.17, 15) is 0 Å². The summed E-state index contributed by atoms with van der Waals surface area (Å²) in [5, 5.41) is 3.40. The fourth-order valence-corrected chi connectivity index (χ4v) is 3.14. The van der Waals surface area contributed by atoms with Gasteiger partial charge in [-0.1, -0.05) is 0 Å². The number of fused-ring (bicyclic) bond motifs is 1. The number of anilines is 1. The predicted molar refractivity (Wildman–Crippen MR) is 79.1 cm³/mol. The molecule has 0 N–H and O–H groups in total. The number of nitrogens with zero attached hydrogens (tertiary/aromatic N) is 4. The number of hydrogen-bond donors (Lipinski definition) is 0. The Morgan fingerprint density at radius 1 is 1.17 bits per heavy atom. The molecular weight excluding hydrogens is 268 g/mol. The van der Waals surface area contributed by atoms with E-state index < -0.39 is 0 Å². The van der Waals surface area contributed by atoms with E-state index in [1.807, 2.05) is 0 Å². The summed E-state index contributed by atoms with van der Waals surface area (Å²) in [5.74, 6) is 1.11. The topological polar surface area (TPSA) is 32.3 Å². The number of aryl methyl sites for hydroxylation is 1. The van der Waals surface area contributed by atoms with E-state index in [-0.39, 0.29) is 12.4 Å². The highest BCUT2D eigenvalue weighted by molar-refractivity contribution is 7.17. The Bertz CT molecular complexity index is 534. The average molecular weight is 285 g/mol. The van der Waals surface area contributed by atoms with Crippen LogP contribution in [0.2, 0.25) is 0 Å². The summed E-state index contributed by atoms with van der Waals surface area (Å²) in [6, 6.07) is 0. The second-order valence-electron chi connectivity index (χ2n) is 4.59. The summed E-state index contributed by atoms with van der Waals surface area (Å²) < 4.78 is 0. The van der Waals surface area contributed by atoms with Crippen LogP contribution in [0.25, 0.3) is 10.2 Å². The van der Waals surface area contributed by atoms with Gasteiger partial charge in [-0.15, -0.1) is 23.7 Å². The summed E-state index contributed by atoms with van der Waals surface area (Å²) in [5.41, 5.74) is 1.29. The van der Waals surface area contributed by atoms with Gasteiger partial charge in [-0.05, 0) is 24.9 Å². The molecule has 18 heavy (non-hydrogen) atoms. The number of aromatic nitrogens is 2. The third kappa shape index (κ3) is 2.30. The summed E-state index contributed by atoms with van der Waals surface area (Å²) in [6.45, 7) is 6.46. The lowest BCUT2D eigenvalue weighted by atomic mass is 10.2. The SMILES string of the molecule is Cc1csc2ncnc(N3CCN(C)CC3)c12.Cl. The van der Waals surface area contributed by atoms with E-state index in [2.05, 4.69) is 39.1 Å². The van der Waals surface area contributed by atoms with Crippen LogP contribution in [0.15, 0.2) is 11.7 Å². The molecule has 0 radical (unpaired) electrons. The maximum atomic E-state index is 4.49. The Balaban J connectivity index is 0.00000120. The molecule has 4 nitrogen and oxygen atoms in total. The van der Waals surface area contributed by atoms with Crippen molar-refractivity contribution in [2.45, 2.75) is 6.92 Å². The Morgan fingerprint density at radius 3 is 2.61 bits per heavy atom. The van der Waals surface area contributed by atoms with Gasteiger partial charge in [-0.25, -0.2) is 9.97 Å². The summed E-state index contributed by atoms with van der Waals surface area (Å²) >= 11 is 1.70. The highest BCUT2D eigenvalue weighted by Gasteiger charge is 2.19. The predicted octanol–water partition coefficient (Wildman–Crippen LogP) is 2.17. The minimum absolute atomic E-state index is 0. The largest absolute Gasteiger partial charge is 0.353 e. The normalized spacial score (nSPS) is 16.9. The molecule has 0 unspecified atom stereocenters. The molecule has 0 aromatic carbocycles. The van der Waals surface area contributed by atoms with Gasteiger partial charge in [0.1, 0.15) is 17.0 Å². The lowest BCUT2D eigenvalue weighted by molar-refractivity contribution is 0.312. The van der Waals surface area contributed by atoms with Gasteiger partial charge in [0.25, 0.3) is 0 Å². The van der Waals surface area contributed by atoms with Crippen molar-refractivity contribution in [2.24, 2.45) is 0 Å². The summed E-state index contributed by atoms with van der Waals surface area (Å²) in [7, 11) is 2.17. The number of halogens is 1. The minimum atomic E-state index is 0. The third-order valence-corrected chi connectivity index (χ3v) is 4.34. The van der Waals surface area contributed by atoms with Crippen LogP contribution in [0, 0.1) is 6.92 Å². The second-order valence-corrected chi connectivity index (χ2v) is 5.44. The van der Waals surface area contributed by atoms with Crippen molar-refractivity contribution < 1.29 is 0 Å². The highest BCUT2D eigenvalue weighted by Crippen LogP contribution is 2.30. The molecule has 3 rings (SSSR count). The Kier molecular flexibility index (Phi) is 4.04. The van der Waals surface area contributed by atoms with Crippen LogP contribution in [0.3, 0.4) is 0 Å². The van der Waals surface area contributed by atoms with E-state index in [1.165, 1.54) is 10.9 Å². The molecule has 1 saturated heterocycles. The molecule has 1 fully saturated rings. The zero-order chi connectivity index (χ0) is 11.8. The maximum absolute atomic E-state index is 4.49. The van der Waals surface area contributed by atoms with Crippen LogP contribution >= 0.6 is 23.7 Å². The van der Waals surface area contributed by atoms with Crippen molar-refractivity contribution in [3.63, 3.8) is 0 Å². The summed E-state index contributed by atoms with van der Waals surface area (Å²) in [4.78, 5) is 14.7. The Morgan fingerprint density at radius 2 is 1.89 bits per heavy atom. The third-order valence-electron chi connectivity index (χ3n) is 3.34. The number of hydrogen-bond acceptors (Lipinski definition) is 5. The van der Waals surface area contributed by atoms with Crippen LogP contribution in [0.1, 0.15) is 5.56 Å². The molecule has 1 aliphatic rings. The molecule has 3 heterocycles. The fraction of sp³-hybridized carbons (Fsp3) is 0.500. The van der Waals surface area contributed by atoms with Crippen LogP contribution in [0.4, 0.5) is 5.82 Å². The van der Waals surface area contributed by atoms with E-state index >= 15 is 0 Å². The molecule has 98 valence electrons. The van der Waals surface area contributed by atoms with Gasteiger partial charge in [0.15, 0.2) is 0 Å². The quantitative estimate of drug-likeness (QED) is 0.803. The fourth-order valence-electron chi connectivity index (χ4n) is 2.26. The van der Waals surface area contributed by atoms with E-state index in [0.717, 1.165) is 36.8 Å². The van der Waals surface area contributed by atoms with Crippen molar-refractivity contribution >= 4 is 39.8 Å². The molecule has 0 aliphatic carbocycles. The van der Waals surface area contributed by atoms with Gasteiger partial charge in [-0.3, -0.25) is 0 Å². The van der Waals surface area contributed by atoms with E-state index in [0.29, 0.717) is 0 Å². The molecule has 6 heteroatoms. The van der Waals surface area contributed by atoms with Gasteiger partial charge in [-0.2, -0.15) is 0 Å². The highest BCUT2D eigenvalue weighted by atomic mass is 35.5. The molecular formula is C12H17ClN4S. The number of likely N-dealkylation sites (N-methyl/N-ethyl adjacent to an activating group) is 1. The van der Waals surface area contributed by atoms with Gasteiger partial charge in [0.2, 0.25) is 0 Å². The Labute approximate surface area is 117 Å². The van der Waals surface area contributed by atoms with E-state index in [1.54, 1.807) is 17.7 Å². The molecule has 2 aromatic rings. The van der Waals surface area contributed by atoms with Crippen LogP contribution in [0.5, 0.6) is 0 Å². The van der Waals surface area contributed by atoms with Crippen LogP contribution in [-0.2, 0) is 0 Å². The first-order chi connectivity index (χ1) is 8.25. The van der Waals surface area contributed by atoms with Crippen LogP contribution in [-0.4, -0.2) is 48.1 Å². The van der Waals surface area contributed by atoms with Gasteiger partial charge < -0.3 is 9.80 Å². The number of rotatable bonds is 1. The van der Waals surface area contributed by atoms with E-state index in [4.69, 9.17) is 0 Å². The monoisotopic (exact) mass is 284 g/mol. The molecule has 2 aromatic heterocycles. The zero-order valence-electron chi connectivity index (χ0n) is 10.6. The zero-order valence-corrected chi connectivity index (χ0v) is 12.2.